The standard InChI is InChI=1S/C26H32N6O/c1-18-23-9-10-24(33)32(16-20-7-5-4-6-8-20)26(23)29-25(28-18)21-11-13-31(14-12-21)17-22-15-27-30(3)19(22)2/h4-8,15,21H,9-14,16-17H2,1-3H3. The third kappa shape index (κ3) is 4.42. The molecule has 5 rings (SSSR count). The third-order valence-corrected chi connectivity index (χ3v) is 7.22. The zero-order valence-corrected chi connectivity index (χ0v) is 19.8. The molecule has 0 aliphatic carbocycles. The van der Waals surface area contributed by atoms with Gasteiger partial charge in [-0.05, 0) is 51.8 Å². The molecule has 2 aliphatic rings. The van der Waals surface area contributed by atoms with E-state index in [0.717, 1.165) is 67.4 Å². The van der Waals surface area contributed by atoms with Crippen molar-refractivity contribution < 1.29 is 4.79 Å². The SMILES string of the molecule is Cc1nc(C2CCN(Cc3cnn(C)c3C)CC2)nc2c1CCC(=O)N2Cc1ccccc1. The van der Waals surface area contributed by atoms with E-state index < -0.39 is 0 Å². The first kappa shape index (κ1) is 21.8. The molecule has 1 aromatic carbocycles. The second-order valence-electron chi connectivity index (χ2n) is 9.36. The molecule has 0 saturated carbocycles. The van der Waals surface area contributed by atoms with Crippen molar-refractivity contribution in [2.45, 2.75) is 58.5 Å². The number of benzene rings is 1. The summed E-state index contributed by atoms with van der Waals surface area (Å²) in [7, 11) is 1.99. The Morgan fingerprint density at radius 1 is 1.00 bits per heavy atom. The van der Waals surface area contributed by atoms with Gasteiger partial charge in [0.1, 0.15) is 11.6 Å². The first-order valence-corrected chi connectivity index (χ1v) is 11.9. The van der Waals surface area contributed by atoms with Gasteiger partial charge in [0.15, 0.2) is 0 Å². The summed E-state index contributed by atoms with van der Waals surface area (Å²) in [5.74, 6) is 2.20. The van der Waals surface area contributed by atoms with Gasteiger partial charge in [0.25, 0.3) is 0 Å². The molecule has 0 radical (unpaired) electrons. The second kappa shape index (κ2) is 9.06. The number of fused-ring (bicyclic) bond motifs is 1. The highest BCUT2D eigenvalue weighted by molar-refractivity contribution is 5.95. The summed E-state index contributed by atoms with van der Waals surface area (Å²) in [6.07, 6.45) is 5.30. The van der Waals surface area contributed by atoms with Crippen molar-refractivity contribution >= 4 is 11.7 Å². The van der Waals surface area contributed by atoms with E-state index >= 15 is 0 Å². The summed E-state index contributed by atoms with van der Waals surface area (Å²) in [6, 6.07) is 10.2. The van der Waals surface area contributed by atoms with E-state index in [1.165, 1.54) is 11.3 Å². The van der Waals surface area contributed by atoms with Gasteiger partial charge in [0, 0.05) is 48.4 Å². The second-order valence-corrected chi connectivity index (χ2v) is 9.36. The molecule has 1 saturated heterocycles. The molecule has 7 heteroatoms. The lowest BCUT2D eigenvalue weighted by molar-refractivity contribution is -0.119. The van der Waals surface area contributed by atoms with Gasteiger partial charge >= 0.3 is 0 Å². The number of aryl methyl sites for hydroxylation is 2. The maximum absolute atomic E-state index is 12.9. The molecule has 3 aromatic rings. The number of likely N-dealkylation sites (tertiary alicyclic amines) is 1. The monoisotopic (exact) mass is 444 g/mol. The van der Waals surface area contributed by atoms with Crippen molar-refractivity contribution in [1.82, 2.24) is 24.6 Å². The lowest BCUT2D eigenvalue weighted by Gasteiger charge is -2.33. The van der Waals surface area contributed by atoms with E-state index in [1.807, 2.05) is 41.0 Å². The van der Waals surface area contributed by atoms with Crippen LogP contribution in [0.5, 0.6) is 0 Å². The van der Waals surface area contributed by atoms with Gasteiger partial charge in [0.2, 0.25) is 5.91 Å². The average Bonchev–Trinajstić information content (AvgIpc) is 3.14. The number of carbonyl (C=O) groups is 1. The largest absolute Gasteiger partial charge is 0.299 e. The van der Waals surface area contributed by atoms with E-state index in [1.54, 1.807) is 0 Å². The van der Waals surface area contributed by atoms with Gasteiger partial charge in [0.05, 0.1) is 12.7 Å². The van der Waals surface area contributed by atoms with Crippen molar-refractivity contribution in [3.05, 3.63) is 70.4 Å². The Kier molecular flexibility index (Phi) is 5.98. The van der Waals surface area contributed by atoms with Crippen molar-refractivity contribution in [1.29, 1.82) is 0 Å². The predicted octanol–water partition coefficient (Wildman–Crippen LogP) is 3.69. The van der Waals surface area contributed by atoms with E-state index in [-0.39, 0.29) is 5.91 Å². The van der Waals surface area contributed by atoms with Crippen LogP contribution in [0.1, 0.15) is 59.1 Å². The Balaban J connectivity index is 1.33. The Labute approximate surface area is 195 Å². The Morgan fingerprint density at radius 3 is 2.45 bits per heavy atom. The van der Waals surface area contributed by atoms with Crippen LogP contribution in [0.25, 0.3) is 0 Å². The molecule has 2 aromatic heterocycles. The van der Waals surface area contributed by atoms with Gasteiger partial charge in [-0.1, -0.05) is 30.3 Å². The van der Waals surface area contributed by atoms with Gasteiger partial charge in [-0.2, -0.15) is 5.10 Å². The zero-order valence-electron chi connectivity index (χ0n) is 19.8. The lowest BCUT2D eigenvalue weighted by atomic mass is 9.94. The number of aromatic nitrogens is 4. The molecule has 4 heterocycles. The van der Waals surface area contributed by atoms with Crippen LogP contribution in [0.3, 0.4) is 0 Å². The van der Waals surface area contributed by atoms with Crippen LogP contribution in [-0.2, 0) is 31.4 Å². The molecule has 33 heavy (non-hydrogen) atoms. The van der Waals surface area contributed by atoms with Gasteiger partial charge in [-0.25, -0.2) is 9.97 Å². The van der Waals surface area contributed by atoms with Gasteiger partial charge < -0.3 is 0 Å². The van der Waals surface area contributed by atoms with Crippen LogP contribution >= 0.6 is 0 Å². The van der Waals surface area contributed by atoms with Crippen LogP contribution < -0.4 is 4.90 Å². The van der Waals surface area contributed by atoms with E-state index in [4.69, 9.17) is 9.97 Å². The fourth-order valence-corrected chi connectivity index (χ4v) is 5.00. The van der Waals surface area contributed by atoms with Crippen LogP contribution in [0.4, 0.5) is 5.82 Å². The molecule has 0 atom stereocenters. The van der Waals surface area contributed by atoms with E-state index in [2.05, 4.69) is 36.0 Å². The van der Waals surface area contributed by atoms with Crippen molar-refractivity contribution in [2.24, 2.45) is 7.05 Å². The molecule has 172 valence electrons. The topological polar surface area (TPSA) is 67.2 Å². The van der Waals surface area contributed by atoms with Gasteiger partial charge in [-0.3, -0.25) is 19.3 Å². The maximum atomic E-state index is 12.9. The van der Waals surface area contributed by atoms with Crippen LogP contribution in [0, 0.1) is 13.8 Å². The van der Waals surface area contributed by atoms with Crippen molar-refractivity contribution in [3.63, 3.8) is 0 Å². The Bertz CT molecular complexity index is 1150. The number of amides is 1. The fraction of sp³-hybridized carbons (Fsp3) is 0.462. The number of carbonyl (C=O) groups excluding carboxylic acids is 1. The quantitative estimate of drug-likeness (QED) is 0.601. The molecule has 1 fully saturated rings. The number of nitrogens with zero attached hydrogens (tertiary/aromatic N) is 6. The molecule has 7 nitrogen and oxygen atoms in total. The van der Waals surface area contributed by atoms with Crippen LogP contribution in [0.2, 0.25) is 0 Å². The zero-order chi connectivity index (χ0) is 22.9. The minimum Gasteiger partial charge on any atom is -0.299 e. The molecule has 0 N–H and O–H groups in total. The average molecular weight is 445 g/mol. The Hall–Kier alpha value is -3.06. The number of hydrogen-bond donors (Lipinski definition) is 0. The van der Waals surface area contributed by atoms with E-state index in [0.29, 0.717) is 18.9 Å². The third-order valence-electron chi connectivity index (χ3n) is 7.22. The first-order chi connectivity index (χ1) is 16.0. The molecular weight excluding hydrogens is 412 g/mol. The highest BCUT2D eigenvalue weighted by atomic mass is 16.2. The van der Waals surface area contributed by atoms with E-state index in [9.17, 15) is 4.79 Å². The minimum atomic E-state index is 0.150. The summed E-state index contributed by atoms with van der Waals surface area (Å²) in [4.78, 5) is 27.2. The Morgan fingerprint density at radius 2 is 1.76 bits per heavy atom. The normalized spacial score (nSPS) is 17.4. The lowest BCUT2D eigenvalue weighted by Crippen LogP contribution is -2.37. The molecular formula is C26H32N6O. The number of anilines is 1. The summed E-state index contributed by atoms with van der Waals surface area (Å²) in [5, 5.41) is 4.38. The fourth-order valence-electron chi connectivity index (χ4n) is 5.00. The number of piperidine rings is 1. The summed E-state index contributed by atoms with van der Waals surface area (Å²) in [6.45, 7) is 7.74. The number of rotatable bonds is 5. The molecule has 0 bridgehead atoms. The molecule has 0 spiro atoms. The maximum Gasteiger partial charge on any atom is 0.228 e. The predicted molar refractivity (Wildman–Crippen MR) is 128 cm³/mol. The smallest absolute Gasteiger partial charge is 0.228 e. The molecule has 1 amide bonds. The van der Waals surface area contributed by atoms with Crippen LogP contribution in [0.15, 0.2) is 36.5 Å². The summed E-state index contributed by atoms with van der Waals surface area (Å²) in [5.41, 5.74) is 5.80. The van der Waals surface area contributed by atoms with Gasteiger partial charge in [-0.15, -0.1) is 0 Å². The minimum absolute atomic E-state index is 0.150. The number of hydrogen-bond acceptors (Lipinski definition) is 5. The molecule has 2 aliphatic heterocycles. The van der Waals surface area contributed by atoms with Crippen LogP contribution in [-0.4, -0.2) is 43.6 Å². The van der Waals surface area contributed by atoms with Crippen molar-refractivity contribution in [2.75, 3.05) is 18.0 Å². The first-order valence-electron chi connectivity index (χ1n) is 11.9. The summed E-state index contributed by atoms with van der Waals surface area (Å²) < 4.78 is 1.94. The molecule has 0 unspecified atom stereocenters. The highest BCUT2D eigenvalue weighted by Gasteiger charge is 2.30. The highest BCUT2D eigenvalue weighted by Crippen LogP contribution is 2.33. The summed E-state index contributed by atoms with van der Waals surface area (Å²) >= 11 is 0. The van der Waals surface area contributed by atoms with Crippen molar-refractivity contribution in [3.8, 4) is 0 Å².